The molecule has 1 aliphatic heterocycles. The minimum Gasteiger partial charge on any atom is -0.379 e. The van der Waals surface area contributed by atoms with Crippen LogP contribution in [-0.4, -0.2) is 62.0 Å². The maximum atomic E-state index is 13.3. The van der Waals surface area contributed by atoms with E-state index in [-0.39, 0.29) is 0 Å². The predicted molar refractivity (Wildman–Crippen MR) is 108 cm³/mol. The third-order valence-electron chi connectivity index (χ3n) is 4.55. The number of sulfonamides is 1. The summed E-state index contributed by atoms with van der Waals surface area (Å²) in [4.78, 5) is 6.63. The number of halogens is 1. The van der Waals surface area contributed by atoms with E-state index in [1.807, 2.05) is 18.2 Å². The van der Waals surface area contributed by atoms with Crippen molar-refractivity contribution in [3.05, 3.63) is 58.8 Å². The van der Waals surface area contributed by atoms with Gasteiger partial charge in [-0.05, 0) is 58.7 Å². The lowest BCUT2D eigenvalue weighted by Crippen LogP contribution is -2.39. The van der Waals surface area contributed by atoms with Gasteiger partial charge in [-0.1, -0.05) is 12.1 Å². The molecule has 1 aromatic heterocycles. The van der Waals surface area contributed by atoms with E-state index < -0.39 is 10.0 Å². The zero-order chi connectivity index (χ0) is 19.1. The molecule has 2 heterocycles. The average molecular weight is 454 g/mol. The minimum atomic E-state index is -3.61. The van der Waals surface area contributed by atoms with Gasteiger partial charge in [0.05, 0.1) is 18.1 Å². The highest BCUT2D eigenvalue weighted by Crippen LogP contribution is 2.26. The molecule has 1 fully saturated rings. The maximum absolute atomic E-state index is 13.3. The van der Waals surface area contributed by atoms with Crippen molar-refractivity contribution in [2.24, 2.45) is 0 Å². The van der Waals surface area contributed by atoms with E-state index in [1.165, 1.54) is 0 Å². The van der Waals surface area contributed by atoms with Crippen molar-refractivity contribution >= 4 is 26.0 Å². The number of hydrogen-bond donors (Lipinski definition) is 0. The fourth-order valence-corrected chi connectivity index (χ4v) is 5.49. The molecule has 2 aromatic rings. The molecular formula is C19H24BrN3O3S. The molecule has 1 aliphatic rings. The first-order chi connectivity index (χ1) is 13.1. The first kappa shape index (κ1) is 20.4. The largest absolute Gasteiger partial charge is 0.379 e. The highest BCUT2D eigenvalue weighted by molar-refractivity contribution is 9.10. The molecule has 27 heavy (non-hydrogen) atoms. The van der Waals surface area contributed by atoms with E-state index in [1.54, 1.807) is 34.9 Å². The van der Waals surface area contributed by atoms with Crippen LogP contribution in [0.25, 0.3) is 0 Å². The fourth-order valence-electron chi connectivity index (χ4n) is 3.06. The van der Waals surface area contributed by atoms with Gasteiger partial charge < -0.3 is 4.74 Å². The molecule has 0 aliphatic carbocycles. The van der Waals surface area contributed by atoms with E-state index >= 15 is 0 Å². The first-order valence-electron chi connectivity index (χ1n) is 9.01. The Morgan fingerprint density at radius 2 is 1.81 bits per heavy atom. The molecule has 146 valence electrons. The van der Waals surface area contributed by atoms with Crippen molar-refractivity contribution in [1.29, 1.82) is 0 Å². The number of benzene rings is 1. The lowest BCUT2D eigenvalue weighted by atomic mass is 10.2. The average Bonchev–Trinajstić information content (AvgIpc) is 2.69. The van der Waals surface area contributed by atoms with Gasteiger partial charge in [0.1, 0.15) is 0 Å². The van der Waals surface area contributed by atoms with Gasteiger partial charge in [0.25, 0.3) is 0 Å². The first-order valence-corrected chi connectivity index (χ1v) is 11.2. The van der Waals surface area contributed by atoms with Crippen LogP contribution in [0.4, 0.5) is 0 Å². The van der Waals surface area contributed by atoms with Crippen molar-refractivity contribution in [3.8, 4) is 0 Å². The van der Waals surface area contributed by atoms with Crippen LogP contribution >= 0.6 is 15.9 Å². The number of rotatable bonds is 8. The minimum absolute atomic E-state index is 0.297. The summed E-state index contributed by atoms with van der Waals surface area (Å²) >= 11 is 3.38. The standard InChI is InChI=1S/C19H24BrN3O3S/c20-18-4-1-2-5-19(18)27(24,25)23(16-17-6-8-21-9-7-17)11-3-10-22-12-14-26-15-13-22/h1-2,4-9H,3,10-16H2. The molecule has 8 heteroatoms. The number of aromatic nitrogens is 1. The van der Waals surface area contributed by atoms with E-state index in [0.29, 0.717) is 22.5 Å². The van der Waals surface area contributed by atoms with E-state index in [2.05, 4.69) is 25.8 Å². The third kappa shape index (κ3) is 5.58. The second-order valence-corrected chi connectivity index (χ2v) is 9.19. The quantitative estimate of drug-likeness (QED) is 0.614. The molecule has 1 aromatic carbocycles. The molecule has 0 atom stereocenters. The van der Waals surface area contributed by atoms with Crippen LogP contribution in [0, 0.1) is 0 Å². The number of ether oxygens (including phenoxy) is 1. The third-order valence-corrected chi connectivity index (χ3v) is 7.41. The maximum Gasteiger partial charge on any atom is 0.244 e. The van der Waals surface area contributed by atoms with Gasteiger partial charge in [-0.3, -0.25) is 9.88 Å². The fraction of sp³-hybridized carbons (Fsp3) is 0.421. The summed E-state index contributed by atoms with van der Waals surface area (Å²) in [6.45, 7) is 4.95. The number of morpholine rings is 1. The van der Waals surface area contributed by atoms with Crippen molar-refractivity contribution in [1.82, 2.24) is 14.2 Å². The lowest BCUT2D eigenvalue weighted by molar-refractivity contribution is 0.0368. The van der Waals surface area contributed by atoms with Crippen molar-refractivity contribution < 1.29 is 13.2 Å². The summed E-state index contributed by atoms with van der Waals surface area (Å²) in [5.74, 6) is 0. The Kier molecular flexibility index (Phi) is 7.37. The Balaban J connectivity index is 1.75. The molecule has 1 saturated heterocycles. The molecule has 0 amide bonds. The molecule has 0 spiro atoms. The Hall–Kier alpha value is -1.32. The van der Waals surface area contributed by atoms with Crippen molar-refractivity contribution in [2.75, 3.05) is 39.4 Å². The van der Waals surface area contributed by atoms with Crippen molar-refractivity contribution in [2.45, 2.75) is 17.9 Å². The van der Waals surface area contributed by atoms with E-state index in [4.69, 9.17) is 4.74 Å². The highest BCUT2D eigenvalue weighted by atomic mass is 79.9. The summed E-state index contributed by atoms with van der Waals surface area (Å²) in [5.41, 5.74) is 0.923. The molecule has 0 radical (unpaired) electrons. The summed E-state index contributed by atoms with van der Waals surface area (Å²) in [6, 6.07) is 10.7. The Morgan fingerprint density at radius 3 is 2.52 bits per heavy atom. The molecule has 0 N–H and O–H groups in total. The van der Waals surface area contributed by atoms with Crippen LogP contribution in [-0.2, 0) is 21.3 Å². The number of hydrogen-bond acceptors (Lipinski definition) is 5. The van der Waals surface area contributed by atoms with Crippen molar-refractivity contribution in [3.63, 3.8) is 0 Å². The van der Waals surface area contributed by atoms with Crippen LogP contribution in [0.5, 0.6) is 0 Å². The summed E-state index contributed by atoms with van der Waals surface area (Å²) in [7, 11) is -3.61. The Labute approximate surface area is 169 Å². The van der Waals surface area contributed by atoms with Gasteiger partial charge in [-0.25, -0.2) is 8.42 Å². The molecule has 3 rings (SSSR count). The van der Waals surface area contributed by atoms with Gasteiger partial charge in [0.15, 0.2) is 0 Å². The summed E-state index contributed by atoms with van der Waals surface area (Å²) in [6.07, 6.45) is 4.15. The molecule has 0 unspecified atom stereocenters. The topological polar surface area (TPSA) is 62.7 Å². The monoisotopic (exact) mass is 453 g/mol. The second kappa shape index (κ2) is 9.75. The van der Waals surface area contributed by atoms with Gasteiger partial charge in [-0.15, -0.1) is 0 Å². The summed E-state index contributed by atoms with van der Waals surface area (Å²) < 4.78 is 34.1. The molecule has 0 bridgehead atoms. The molecular weight excluding hydrogens is 430 g/mol. The van der Waals surface area contributed by atoms with Crippen LogP contribution in [0.1, 0.15) is 12.0 Å². The van der Waals surface area contributed by atoms with Gasteiger partial charge in [0.2, 0.25) is 10.0 Å². The van der Waals surface area contributed by atoms with Crippen LogP contribution < -0.4 is 0 Å². The lowest BCUT2D eigenvalue weighted by Gasteiger charge is -2.28. The zero-order valence-corrected chi connectivity index (χ0v) is 17.5. The SMILES string of the molecule is O=S(=O)(c1ccccc1Br)N(CCCN1CCOCC1)Cc1ccncc1. The van der Waals surface area contributed by atoms with Gasteiger partial charge >= 0.3 is 0 Å². The van der Waals surface area contributed by atoms with E-state index in [0.717, 1.165) is 44.8 Å². The smallest absolute Gasteiger partial charge is 0.244 e. The Morgan fingerprint density at radius 1 is 1.11 bits per heavy atom. The number of pyridine rings is 1. The van der Waals surface area contributed by atoms with Gasteiger partial charge in [-0.2, -0.15) is 4.31 Å². The Bertz CT molecular complexity index is 827. The molecule has 0 saturated carbocycles. The van der Waals surface area contributed by atoms with Crippen LogP contribution in [0.2, 0.25) is 0 Å². The summed E-state index contributed by atoms with van der Waals surface area (Å²) in [5, 5.41) is 0. The zero-order valence-electron chi connectivity index (χ0n) is 15.1. The van der Waals surface area contributed by atoms with Crippen LogP contribution in [0.15, 0.2) is 58.2 Å². The predicted octanol–water partition coefficient (Wildman–Crippen LogP) is 2.76. The number of nitrogens with zero attached hydrogens (tertiary/aromatic N) is 3. The second-order valence-electron chi connectivity index (χ2n) is 6.43. The normalized spacial score (nSPS) is 15.9. The van der Waals surface area contributed by atoms with Gasteiger partial charge in [0, 0.05) is 43.0 Å². The van der Waals surface area contributed by atoms with E-state index in [9.17, 15) is 8.42 Å². The molecule has 6 nitrogen and oxygen atoms in total. The van der Waals surface area contributed by atoms with Crippen LogP contribution in [0.3, 0.4) is 0 Å². The highest BCUT2D eigenvalue weighted by Gasteiger charge is 2.26.